The molecule has 2 rings (SSSR count). The van der Waals surface area contributed by atoms with E-state index in [0.29, 0.717) is 19.5 Å². The maximum Gasteiger partial charge on any atom is 0.229 e. The van der Waals surface area contributed by atoms with Crippen molar-refractivity contribution in [1.29, 1.82) is 0 Å². The van der Waals surface area contributed by atoms with Gasteiger partial charge in [-0.05, 0) is 26.0 Å². The molecule has 18 heavy (non-hydrogen) atoms. The minimum absolute atomic E-state index is 0.107. The molecule has 1 amide bonds. The van der Waals surface area contributed by atoms with Crippen molar-refractivity contribution in [3.8, 4) is 5.75 Å². The third-order valence-corrected chi connectivity index (χ3v) is 3.24. The smallest absolute Gasteiger partial charge is 0.229 e. The Morgan fingerprint density at radius 3 is 2.67 bits per heavy atom. The van der Waals surface area contributed by atoms with Crippen molar-refractivity contribution in [2.45, 2.75) is 26.4 Å². The normalized spacial score (nSPS) is 21.5. The SMILES string of the molecule is CCN(CC)C(=O)[C@H]1C[C@@H]1Oc1ccccc1F. The first-order valence-electron chi connectivity index (χ1n) is 6.37. The van der Waals surface area contributed by atoms with Gasteiger partial charge in [-0.2, -0.15) is 0 Å². The number of hydrogen-bond donors (Lipinski definition) is 0. The lowest BCUT2D eigenvalue weighted by Gasteiger charge is -2.18. The molecule has 2 atom stereocenters. The van der Waals surface area contributed by atoms with E-state index in [0.717, 1.165) is 0 Å². The number of ether oxygens (including phenoxy) is 1. The Morgan fingerprint density at radius 1 is 1.39 bits per heavy atom. The molecular formula is C14H18FNO2. The van der Waals surface area contributed by atoms with E-state index < -0.39 is 0 Å². The molecule has 1 fully saturated rings. The Labute approximate surface area is 107 Å². The number of carbonyl (C=O) groups is 1. The molecular weight excluding hydrogens is 233 g/mol. The summed E-state index contributed by atoms with van der Waals surface area (Å²) in [5, 5.41) is 0. The molecule has 3 nitrogen and oxygen atoms in total. The second kappa shape index (κ2) is 5.38. The van der Waals surface area contributed by atoms with Gasteiger partial charge in [0.25, 0.3) is 0 Å². The van der Waals surface area contributed by atoms with Gasteiger partial charge in [-0.25, -0.2) is 4.39 Å². The molecule has 1 aromatic carbocycles. The number of hydrogen-bond acceptors (Lipinski definition) is 2. The van der Waals surface area contributed by atoms with E-state index in [-0.39, 0.29) is 29.5 Å². The predicted octanol–water partition coefficient (Wildman–Crippen LogP) is 2.46. The van der Waals surface area contributed by atoms with Gasteiger partial charge in [0.1, 0.15) is 6.10 Å². The molecule has 0 heterocycles. The number of halogens is 1. The molecule has 4 heteroatoms. The van der Waals surface area contributed by atoms with Crippen molar-refractivity contribution in [2.24, 2.45) is 5.92 Å². The standard InChI is InChI=1S/C14H18FNO2/c1-3-16(4-2)14(17)10-9-13(10)18-12-8-6-5-7-11(12)15/h5-8,10,13H,3-4,9H2,1-2H3/t10-,13-/m0/s1. The van der Waals surface area contributed by atoms with E-state index in [4.69, 9.17) is 4.74 Å². The monoisotopic (exact) mass is 251 g/mol. The van der Waals surface area contributed by atoms with Gasteiger partial charge >= 0.3 is 0 Å². The zero-order valence-corrected chi connectivity index (χ0v) is 10.7. The maximum atomic E-state index is 13.4. The number of para-hydroxylation sites is 1. The Balaban J connectivity index is 1.92. The predicted molar refractivity (Wildman–Crippen MR) is 66.9 cm³/mol. The van der Waals surface area contributed by atoms with Gasteiger partial charge < -0.3 is 9.64 Å². The zero-order chi connectivity index (χ0) is 13.1. The van der Waals surface area contributed by atoms with Crippen molar-refractivity contribution in [3.63, 3.8) is 0 Å². The average molecular weight is 251 g/mol. The highest BCUT2D eigenvalue weighted by Crippen LogP contribution is 2.37. The summed E-state index contributed by atoms with van der Waals surface area (Å²) in [6.45, 7) is 5.32. The minimum Gasteiger partial charge on any atom is -0.486 e. The number of carbonyl (C=O) groups excluding carboxylic acids is 1. The fourth-order valence-corrected chi connectivity index (χ4v) is 2.03. The highest BCUT2D eigenvalue weighted by Gasteiger charge is 2.47. The van der Waals surface area contributed by atoms with Crippen LogP contribution >= 0.6 is 0 Å². The van der Waals surface area contributed by atoms with Gasteiger partial charge in [0, 0.05) is 19.5 Å². The highest BCUT2D eigenvalue weighted by atomic mass is 19.1. The Morgan fingerprint density at radius 2 is 2.06 bits per heavy atom. The summed E-state index contributed by atoms with van der Waals surface area (Å²) in [6, 6.07) is 6.29. The summed E-state index contributed by atoms with van der Waals surface area (Å²) < 4.78 is 18.9. The molecule has 0 spiro atoms. The van der Waals surface area contributed by atoms with Crippen LogP contribution in [0.25, 0.3) is 0 Å². The molecule has 1 aliphatic carbocycles. The van der Waals surface area contributed by atoms with Crippen molar-refractivity contribution < 1.29 is 13.9 Å². The lowest BCUT2D eigenvalue weighted by molar-refractivity contribution is -0.132. The molecule has 1 aromatic rings. The van der Waals surface area contributed by atoms with E-state index in [2.05, 4.69) is 0 Å². The van der Waals surface area contributed by atoms with Gasteiger partial charge in [0.15, 0.2) is 11.6 Å². The molecule has 1 saturated carbocycles. The van der Waals surface area contributed by atoms with Crippen LogP contribution in [0.2, 0.25) is 0 Å². The van der Waals surface area contributed by atoms with E-state index in [1.165, 1.54) is 6.07 Å². The van der Waals surface area contributed by atoms with Crippen LogP contribution in [-0.2, 0) is 4.79 Å². The Hall–Kier alpha value is -1.58. The molecule has 1 aliphatic rings. The Bertz CT molecular complexity index is 432. The molecule has 0 bridgehead atoms. The lowest BCUT2D eigenvalue weighted by atomic mass is 10.3. The third-order valence-electron chi connectivity index (χ3n) is 3.24. The number of rotatable bonds is 5. The summed E-state index contributed by atoms with van der Waals surface area (Å²) in [5.74, 6) is -0.137. The summed E-state index contributed by atoms with van der Waals surface area (Å²) in [6.07, 6.45) is 0.513. The van der Waals surface area contributed by atoms with Gasteiger partial charge in [0.2, 0.25) is 5.91 Å². The van der Waals surface area contributed by atoms with Crippen molar-refractivity contribution in [3.05, 3.63) is 30.1 Å². The largest absolute Gasteiger partial charge is 0.486 e. The van der Waals surface area contributed by atoms with Crippen LogP contribution < -0.4 is 4.74 Å². The summed E-state index contributed by atoms with van der Waals surface area (Å²) in [4.78, 5) is 13.8. The summed E-state index contributed by atoms with van der Waals surface area (Å²) in [7, 11) is 0. The van der Waals surface area contributed by atoms with Crippen LogP contribution in [0.1, 0.15) is 20.3 Å². The maximum absolute atomic E-state index is 13.4. The van der Waals surface area contributed by atoms with E-state index in [9.17, 15) is 9.18 Å². The number of nitrogens with zero attached hydrogens (tertiary/aromatic N) is 1. The second-order valence-corrected chi connectivity index (χ2v) is 4.44. The molecule has 0 N–H and O–H groups in total. The van der Waals surface area contributed by atoms with Crippen LogP contribution in [0.3, 0.4) is 0 Å². The summed E-state index contributed by atoms with van der Waals surface area (Å²) in [5.41, 5.74) is 0. The summed E-state index contributed by atoms with van der Waals surface area (Å²) >= 11 is 0. The highest BCUT2D eigenvalue weighted by molar-refractivity contribution is 5.82. The van der Waals surface area contributed by atoms with Gasteiger partial charge in [0.05, 0.1) is 5.92 Å². The van der Waals surface area contributed by atoms with Crippen LogP contribution in [0.5, 0.6) is 5.75 Å². The van der Waals surface area contributed by atoms with Crippen molar-refractivity contribution >= 4 is 5.91 Å². The molecule has 98 valence electrons. The molecule has 0 unspecified atom stereocenters. The van der Waals surface area contributed by atoms with Gasteiger partial charge in [-0.1, -0.05) is 12.1 Å². The van der Waals surface area contributed by atoms with E-state index in [1.807, 2.05) is 13.8 Å². The number of amides is 1. The van der Waals surface area contributed by atoms with E-state index >= 15 is 0 Å². The average Bonchev–Trinajstić information content (AvgIpc) is 3.13. The first-order chi connectivity index (χ1) is 8.67. The quantitative estimate of drug-likeness (QED) is 0.804. The first kappa shape index (κ1) is 12.9. The van der Waals surface area contributed by atoms with Gasteiger partial charge in [-0.3, -0.25) is 4.79 Å². The number of benzene rings is 1. The third kappa shape index (κ3) is 2.63. The van der Waals surface area contributed by atoms with Crippen molar-refractivity contribution in [1.82, 2.24) is 4.90 Å². The Kier molecular flexibility index (Phi) is 3.84. The van der Waals surface area contributed by atoms with Crippen LogP contribution in [0, 0.1) is 11.7 Å². The van der Waals surface area contributed by atoms with Crippen molar-refractivity contribution in [2.75, 3.05) is 13.1 Å². The molecule has 0 aliphatic heterocycles. The molecule has 0 aromatic heterocycles. The van der Waals surface area contributed by atoms with Gasteiger partial charge in [-0.15, -0.1) is 0 Å². The van der Waals surface area contributed by atoms with Crippen LogP contribution in [0.4, 0.5) is 4.39 Å². The lowest BCUT2D eigenvalue weighted by Crippen LogP contribution is -2.33. The first-order valence-corrected chi connectivity index (χ1v) is 6.37. The fraction of sp³-hybridized carbons (Fsp3) is 0.500. The molecule has 0 saturated heterocycles. The van der Waals surface area contributed by atoms with Crippen LogP contribution in [-0.4, -0.2) is 30.0 Å². The van der Waals surface area contributed by atoms with Crippen LogP contribution in [0.15, 0.2) is 24.3 Å². The minimum atomic E-state index is -0.376. The second-order valence-electron chi connectivity index (χ2n) is 4.44. The fourth-order valence-electron chi connectivity index (χ4n) is 2.03. The topological polar surface area (TPSA) is 29.5 Å². The molecule has 0 radical (unpaired) electrons. The van der Waals surface area contributed by atoms with E-state index in [1.54, 1.807) is 23.1 Å². The zero-order valence-electron chi connectivity index (χ0n) is 10.7.